The number of nitrogens with one attached hydrogen (secondary N) is 1. The summed E-state index contributed by atoms with van der Waals surface area (Å²) in [5, 5.41) is 3.07. The van der Waals surface area contributed by atoms with Gasteiger partial charge in [0.25, 0.3) is 5.91 Å². The van der Waals surface area contributed by atoms with Crippen molar-refractivity contribution in [3.8, 4) is 17.2 Å². The summed E-state index contributed by atoms with van der Waals surface area (Å²) in [6.45, 7) is 4.23. The molecule has 5 heteroatoms. The van der Waals surface area contributed by atoms with Crippen molar-refractivity contribution in [2.45, 2.75) is 45.6 Å². The minimum Gasteiger partial charge on any atom is -0.493 e. The van der Waals surface area contributed by atoms with Crippen LogP contribution in [0, 0.1) is 0 Å². The normalized spacial score (nSPS) is 11.7. The van der Waals surface area contributed by atoms with Gasteiger partial charge in [-0.05, 0) is 25.0 Å². The maximum Gasteiger partial charge on any atom is 0.251 e. The monoisotopic (exact) mass is 309 g/mol. The molecule has 1 aromatic carbocycles. The Balaban J connectivity index is 2.97. The highest BCUT2D eigenvalue weighted by Gasteiger charge is 2.18. The molecular formula is C17H27NO4. The van der Waals surface area contributed by atoms with Crippen LogP contribution < -0.4 is 19.5 Å². The molecule has 0 aromatic heterocycles. The number of carbonyl (C=O) groups excluding carboxylic acids is 1. The molecule has 1 atom stereocenters. The van der Waals surface area contributed by atoms with Crippen molar-refractivity contribution in [3.05, 3.63) is 17.7 Å². The van der Waals surface area contributed by atoms with E-state index in [9.17, 15) is 4.79 Å². The third-order valence-electron chi connectivity index (χ3n) is 3.66. The van der Waals surface area contributed by atoms with Gasteiger partial charge in [0.1, 0.15) is 0 Å². The Morgan fingerprint density at radius 1 is 1.09 bits per heavy atom. The van der Waals surface area contributed by atoms with Crippen molar-refractivity contribution in [2.75, 3.05) is 21.3 Å². The van der Waals surface area contributed by atoms with Crippen LogP contribution in [-0.2, 0) is 0 Å². The molecule has 0 radical (unpaired) electrons. The van der Waals surface area contributed by atoms with Gasteiger partial charge in [0.05, 0.1) is 21.3 Å². The van der Waals surface area contributed by atoms with Crippen LogP contribution in [0.2, 0.25) is 0 Å². The zero-order chi connectivity index (χ0) is 16.5. The van der Waals surface area contributed by atoms with Gasteiger partial charge in [-0.25, -0.2) is 0 Å². The van der Waals surface area contributed by atoms with Crippen molar-refractivity contribution < 1.29 is 19.0 Å². The van der Waals surface area contributed by atoms with Crippen LogP contribution in [0.25, 0.3) is 0 Å². The summed E-state index contributed by atoms with van der Waals surface area (Å²) in [7, 11) is 4.61. The zero-order valence-electron chi connectivity index (χ0n) is 14.2. The molecule has 0 aliphatic heterocycles. The first kappa shape index (κ1) is 18.1. The van der Waals surface area contributed by atoms with Crippen LogP contribution in [0.1, 0.15) is 49.9 Å². The van der Waals surface area contributed by atoms with Gasteiger partial charge in [0.15, 0.2) is 11.5 Å². The lowest BCUT2D eigenvalue weighted by atomic mass is 10.1. The minimum absolute atomic E-state index is 0.123. The lowest BCUT2D eigenvalue weighted by Gasteiger charge is -2.18. The Bertz CT molecular complexity index is 463. The quantitative estimate of drug-likeness (QED) is 0.759. The fourth-order valence-electron chi connectivity index (χ4n) is 2.31. The number of rotatable bonds is 9. The molecule has 0 saturated carbocycles. The molecule has 1 N–H and O–H groups in total. The molecule has 1 amide bonds. The molecule has 0 aliphatic rings. The van der Waals surface area contributed by atoms with Crippen LogP contribution >= 0.6 is 0 Å². The second kappa shape index (κ2) is 9.18. The highest BCUT2D eigenvalue weighted by Crippen LogP contribution is 2.38. The van der Waals surface area contributed by atoms with E-state index in [2.05, 4.69) is 19.2 Å². The summed E-state index contributed by atoms with van der Waals surface area (Å²) >= 11 is 0. The summed E-state index contributed by atoms with van der Waals surface area (Å²) in [6, 6.07) is 3.53. The van der Waals surface area contributed by atoms with E-state index in [0.29, 0.717) is 22.8 Å². The minimum atomic E-state index is -0.123. The average Bonchev–Trinajstić information content (AvgIpc) is 2.56. The van der Waals surface area contributed by atoms with E-state index in [1.165, 1.54) is 21.3 Å². The van der Waals surface area contributed by atoms with E-state index in [4.69, 9.17) is 14.2 Å². The van der Waals surface area contributed by atoms with Gasteiger partial charge in [-0.1, -0.05) is 26.7 Å². The first-order valence-electron chi connectivity index (χ1n) is 7.72. The Labute approximate surface area is 132 Å². The van der Waals surface area contributed by atoms with Crippen molar-refractivity contribution >= 4 is 5.91 Å². The Hall–Kier alpha value is -1.91. The van der Waals surface area contributed by atoms with E-state index in [0.717, 1.165) is 25.7 Å². The van der Waals surface area contributed by atoms with Crippen molar-refractivity contribution in [1.29, 1.82) is 0 Å². The summed E-state index contributed by atoms with van der Waals surface area (Å²) < 4.78 is 15.8. The lowest BCUT2D eigenvalue weighted by molar-refractivity contribution is 0.0932. The fourth-order valence-corrected chi connectivity index (χ4v) is 2.31. The SMILES string of the molecule is CCCCC(CC)NC(=O)c1cc(OC)c(OC)c(OC)c1. The molecule has 0 saturated heterocycles. The molecular weight excluding hydrogens is 282 g/mol. The van der Waals surface area contributed by atoms with Gasteiger partial charge in [-0.3, -0.25) is 4.79 Å². The highest BCUT2D eigenvalue weighted by molar-refractivity contribution is 5.95. The lowest BCUT2D eigenvalue weighted by Crippen LogP contribution is -2.34. The molecule has 0 bridgehead atoms. The predicted octanol–water partition coefficient (Wildman–Crippen LogP) is 3.41. The summed E-state index contributed by atoms with van der Waals surface area (Å²) in [4.78, 5) is 12.5. The predicted molar refractivity (Wildman–Crippen MR) is 87.2 cm³/mol. The van der Waals surface area contributed by atoms with Crippen molar-refractivity contribution in [1.82, 2.24) is 5.32 Å². The second-order valence-corrected chi connectivity index (χ2v) is 5.13. The number of carbonyl (C=O) groups is 1. The van der Waals surface area contributed by atoms with E-state index in [-0.39, 0.29) is 11.9 Å². The fraction of sp³-hybridized carbons (Fsp3) is 0.588. The van der Waals surface area contributed by atoms with Gasteiger partial charge in [0.2, 0.25) is 5.75 Å². The van der Waals surface area contributed by atoms with Crippen LogP contribution in [-0.4, -0.2) is 33.3 Å². The molecule has 1 unspecified atom stereocenters. The Morgan fingerprint density at radius 2 is 1.68 bits per heavy atom. The summed E-state index contributed by atoms with van der Waals surface area (Å²) in [5.41, 5.74) is 0.504. The number of benzene rings is 1. The molecule has 124 valence electrons. The Morgan fingerprint density at radius 3 is 2.09 bits per heavy atom. The maximum atomic E-state index is 12.5. The summed E-state index contributed by atoms with van der Waals surface area (Å²) in [6.07, 6.45) is 4.13. The molecule has 0 fully saturated rings. The first-order valence-corrected chi connectivity index (χ1v) is 7.72. The molecule has 0 heterocycles. The van der Waals surface area contributed by atoms with Crippen molar-refractivity contribution in [3.63, 3.8) is 0 Å². The summed E-state index contributed by atoms with van der Waals surface area (Å²) in [5.74, 6) is 1.32. The highest BCUT2D eigenvalue weighted by atomic mass is 16.5. The average molecular weight is 309 g/mol. The third-order valence-corrected chi connectivity index (χ3v) is 3.66. The number of amides is 1. The number of ether oxygens (including phenoxy) is 3. The van der Waals surface area contributed by atoms with Gasteiger partial charge in [-0.15, -0.1) is 0 Å². The van der Waals surface area contributed by atoms with Crippen LogP contribution in [0.3, 0.4) is 0 Å². The third kappa shape index (κ3) is 4.55. The largest absolute Gasteiger partial charge is 0.493 e. The number of hydrogen-bond acceptors (Lipinski definition) is 4. The molecule has 5 nitrogen and oxygen atoms in total. The topological polar surface area (TPSA) is 56.8 Å². The Kier molecular flexibility index (Phi) is 7.57. The van der Waals surface area contributed by atoms with E-state index >= 15 is 0 Å². The molecule has 0 aliphatic carbocycles. The van der Waals surface area contributed by atoms with Crippen LogP contribution in [0.5, 0.6) is 17.2 Å². The van der Waals surface area contributed by atoms with Gasteiger partial charge in [-0.2, -0.15) is 0 Å². The van der Waals surface area contributed by atoms with Gasteiger partial charge >= 0.3 is 0 Å². The second-order valence-electron chi connectivity index (χ2n) is 5.13. The van der Waals surface area contributed by atoms with Gasteiger partial charge < -0.3 is 19.5 Å². The molecule has 22 heavy (non-hydrogen) atoms. The van der Waals surface area contributed by atoms with E-state index < -0.39 is 0 Å². The molecule has 1 aromatic rings. The van der Waals surface area contributed by atoms with Gasteiger partial charge in [0, 0.05) is 11.6 Å². The zero-order valence-corrected chi connectivity index (χ0v) is 14.2. The number of unbranched alkanes of at least 4 members (excludes halogenated alkanes) is 1. The maximum absolute atomic E-state index is 12.5. The molecule has 1 rings (SSSR count). The van der Waals surface area contributed by atoms with Crippen LogP contribution in [0.15, 0.2) is 12.1 Å². The van der Waals surface area contributed by atoms with Crippen LogP contribution in [0.4, 0.5) is 0 Å². The van der Waals surface area contributed by atoms with E-state index in [1.54, 1.807) is 12.1 Å². The first-order chi connectivity index (χ1) is 10.6. The smallest absolute Gasteiger partial charge is 0.251 e. The van der Waals surface area contributed by atoms with E-state index in [1.807, 2.05) is 0 Å². The van der Waals surface area contributed by atoms with Crippen molar-refractivity contribution in [2.24, 2.45) is 0 Å². The standard InChI is InChI=1S/C17H27NO4/c1-6-8-9-13(7-2)18-17(19)12-10-14(20-3)16(22-5)15(11-12)21-4/h10-11,13H,6-9H2,1-5H3,(H,18,19). The number of methoxy groups -OCH3 is 3. The number of hydrogen-bond donors (Lipinski definition) is 1. The molecule has 0 spiro atoms.